The fraction of sp³-hybridized carbons (Fsp3) is 0.0769. The van der Waals surface area contributed by atoms with Crippen molar-refractivity contribution in [3.05, 3.63) is 209 Å². The van der Waals surface area contributed by atoms with Gasteiger partial charge in [0.05, 0.1) is 31.4 Å². The summed E-state index contributed by atoms with van der Waals surface area (Å²) in [6, 6.07) is 59.1. The molecule has 0 heterocycles. The third kappa shape index (κ3) is 9.17. The van der Waals surface area contributed by atoms with Crippen molar-refractivity contribution in [1.29, 1.82) is 5.26 Å². The summed E-state index contributed by atoms with van der Waals surface area (Å²) in [5.74, 6) is 1.67. The standard InChI is InChI=1S/C52H42N4O2/c1-4-57-50-32-28-48(29-33-50)55(44-12-8-6-9-13-44)46-24-18-39(19-25-46)16-22-41-37-52(54-3)42(36-43(41)38-53)23-17-40-20-26-47(27-21-40)56(45-14-10-7-11-15-45)49-30-34-51(35-31-49)58-5-2/h6-37H,4-5H2,1-2H3. The van der Waals surface area contributed by atoms with Crippen molar-refractivity contribution in [3.63, 3.8) is 0 Å². The second-order valence-corrected chi connectivity index (χ2v) is 13.3. The van der Waals surface area contributed by atoms with Gasteiger partial charge in [0.25, 0.3) is 0 Å². The monoisotopic (exact) mass is 754 g/mol. The van der Waals surface area contributed by atoms with Crippen LogP contribution in [0.15, 0.2) is 170 Å². The van der Waals surface area contributed by atoms with Crippen molar-refractivity contribution in [2.75, 3.05) is 23.0 Å². The van der Waals surface area contributed by atoms with Crippen LogP contribution < -0.4 is 19.3 Å². The average molecular weight is 755 g/mol. The van der Waals surface area contributed by atoms with Gasteiger partial charge < -0.3 is 19.3 Å². The zero-order valence-corrected chi connectivity index (χ0v) is 32.5. The Morgan fingerprint density at radius 3 is 1.26 bits per heavy atom. The predicted octanol–water partition coefficient (Wildman–Crippen LogP) is 14.2. The lowest BCUT2D eigenvalue weighted by molar-refractivity contribution is 0.340. The minimum atomic E-state index is 0.474. The summed E-state index contributed by atoms with van der Waals surface area (Å²) in [7, 11) is 0. The molecule has 0 aliphatic rings. The molecule has 0 aliphatic carbocycles. The molecule has 0 fully saturated rings. The Balaban J connectivity index is 1.09. The lowest BCUT2D eigenvalue weighted by Crippen LogP contribution is -2.09. The van der Waals surface area contributed by atoms with Crippen LogP contribution in [-0.4, -0.2) is 13.2 Å². The Hall–Kier alpha value is -7.80. The zero-order valence-electron chi connectivity index (χ0n) is 32.5. The van der Waals surface area contributed by atoms with Gasteiger partial charge in [0.2, 0.25) is 0 Å². The first-order chi connectivity index (χ1) is 28.6. The molecule has 6 heteroatoms. The van der Waals surface area contributed by atoms with E-state index in [0.717, 1.165) is 56.8 Å². The Kier molecular flexibility index (Phi) is 12.4. The van der Waals surface area contributed by atoms with Crippen LogP contribution >= 0.6 is 0 Å². The molecule has 7 rings (SSSR count). The minimum absolute atomic E-state index is 0.474. The highest BCUT2D eigenvalue weighted by molar-refractivity contribution is 5.84. The number of anilines is 6. The van der Waals surface area contributed by atoms with E-state index >= 15 is 0 Å². The lowest BCUT2D eigenvalue weighted by Gasteiger charge is -2.25. The first kappa shape index (κ1) is 38.5. The summed E-state index contributed by atoms with van der Waals surface area (Å²) in [6.07, 6.45) is 7.75. The second kappa shape index (κ2) is 18.7. The van der Waals surface area contributed by atoms with E-state index in [1.54, 1.807) is 12.1 Å². The fourth-order valence-electron chi connectivity index (χ4n) is 6.69. The van der Waals surface area contributed by atoms with Gasteiger partial charge >= 0.3 is 0 Å². The summed E-state index contributed by atoms with van der Waals surface area (Å²) in [6.45, 7) is 13.1. The van der Waals surface area contributed by atoms with Crippen molar-refractivity contribution < 1.29 is 9.47 Å². The fourth-order valence-corrected chi connectivity index (χ4v) is 6.69. The minimum Gasteiger partial charge on any atom is -0.494 e. The number of hydrogen-bond acceptors (Lipinski definition) is 5. The van der Waals surface area contributed by atoms with E-state index in [9.17, 15) is 5.26 Å². The maximum absolute atomic E-state index is 10.2. The molecule has 0 unspecified atom stereocenters. The third-order valence-corrected chi connectivity index (χ3v) is 9.49. The third-order valence-electron chi connectivity index (χ3n) is 9.49. The molecular weight excluding hydrogens is 713 g/mol. The molecule has 0 radical (unpaired) electrons. The maximum Gasteiger partial charge on any atom is 0.194 e. The highest BCUT2D eigenvalue weighted by Crippen LogP contribution is 2.37. The van der Waals surface area contributed by atoms with Crippen LogP contribution in [0.4, 0.5) is 39.8 Å². The molecule has 0 N–H and O–H groups in total. The lowest BCUT2D eigenvalue weighted by atomic mass is 10.0. The predicted molar refractivity (Wildman–Crippen MR) is 240 cm³/mol. The van der Waals surface area contributed by atoms with Gasteiger partial charge in [-0.3, -0.25) is 0 Å². The van der Waals surface area contributed by atoms with Crippen LogP contribution in [-0.2, 0) is 0 Å². The van der Waals surface area contributed by atoms with Gasteiger partial charge in [-0.25, -0.2) is 4.85 Å². The van der Waals surface area contributed by atoms with Crippen molar-refractivity contribution in [3.8, 4) is 17.6 Å². The van der Waals surface area contributed by atoms with Gasteiger partial charge in [0.1, 0.15) is 11.5 Å². The summed E-state index contributed by atoms with van der Waals surface area (Å²) in [5.41, 5.74) is 10.4. The SMILES string of the molecule is [C-]#[N+]c1cc(C=Cc2ccc(N(c3ccccc3)c3ccc(OCC)cc3)cc2)c(C#N)cc1C=Cc1ccc(N(c2ccccc2)c2ccc(OCC)cc2)cc1. The molecule has 0 saturated carbocycles. The first-order valence-electron chi connectivity index (χ1n) is 19.2. The van der Waals surface area contributed by atoms with Gasteiger partial charge in [0.15, 0.2) is 5.69 Å². The molecule has 7 aromatic carbocycles. The topological polar surface area (TPSA) is 53.1 Å². The summed E-state index contributed by atoms with van der Waals surface area (Å²) in [5, 5.41) is 10.2. The highest BCUT2D eigenvalue weighted by atomic mass is 16.5. The molecule has 7 aromatic rings. The van der Waals surface area contributed by atoms with Crippen LogP contribution in [0.5, 0.6) is 11.5 Å². The molecule has 0 spiro atoms. The van der Waals surface area contributed by atoms with Crippen molar-refractivity contribution >= 4 is 64.1 Å². The van der Waals surface area contributed by atoms with Crippen LogP contribution in [0, 0.1) is 17.9 Å². The van der Waals surface area contributed by atoms with E-state index in [1.165, 1.54) is 0 Å². The maximum atomic E-state index is 10.2. The number of para-hydroxylation sites is 2. The van der Waals surface area contributed by atoms with Crippen LogP contribution in [0.25, 0.3) is 29.1 Å². The quantitative estimate of drug-likeness (QED) is 0.0817. The Morgan fingerprint density at radius 2 is 0.879 bits per heavy atom. The molecule has 282 valence electrons. The zero-order chi connectivity index (χ0) is 40.1. The molecule has 0 saturated heterocycles. The van der Waals surface area contributed by atoms with Gasteiger partial charge in [0, 0.05) is 34.1 Å². The first-order valence-corrected chi connectivity index (χ1v) is 19.2. The van der Waals surface area contributed by atoms with Crippen LogP contribution in [0.1, 0.15) is 41.7 Å². The summed E-state index contributed by atoms with van der Waals surface area (Å²) in [4.78, 5) is 8.22. The number of nitriles is 1. The molecule has 0 atom stereocenters. The normalized spacial score (nSPS) is 10.9. The van der Waals surface area contributed by atoms with Gasteiger partial charge in [-0.2, -0.15) is 5.26 Å². The van der Waals surface area contributed by atoms with E-state index in [4.69, 9.17) is 16.0 Å². The van der Waals surface area contributed by atoms with Crippen LogP contribution in [0.2, 0.25) is 0 Å². The van der Waals surface area contributed by atoms with Gasteiger partial charge in [-0.05, 0) is 145 Å². The molecule has 0 bridgehead atoms. The Bertz CT molecular complexity index is 2380. The number of rotatable bonds is 14. The summed E-state index contributed by atoms with van der Waals surface area (Å²) >= 11 is 0. The van der Waals surface area contributed by atoms with E-state index in [1.807, 2.05) is 98.8 Å². The Morgan fingerprint density at radius 1 is 0.500 bits per heavy atom. The second-order valence-electron chi connectivity index (χ2n) is 13.3. The van der Waals surface area contributed by atoms with E-state index in [2.05, 4.69) is 118 Å². The van der Waals surface area contributed by atoms with E-state index in [0.29, 0.717) is 35.6 Å². The highest BCUT2D eigenvalue weighted by Gasteiger charge is 2.14. The van der Waals surface area contributed by atoms with E-state index in [-0.39, 0.29) is 0 Å². The summed E-state index contributed by atoms with van der Waals surface area (Å²) < 4.78 is 11.3. The number of ether oxygens (including phenoxy) is 2. The van der Waals surface area contributed by atoms with Crippen LogP contribution in [0.3, 0.4) is 0 Å². The van der Waals surface area contributed by atoms with Crippen molar-refractivity contribution in [1.82, 2.24) is 0 Å². The number of nitrogens with zero attached hydrogens (tertiary/aromatic N) is 4. The molecule has 58 heavy (non-hydrogen) atoms. The molecular formula is C52H42N4O2. The molecule has 0 aromatic heterocycles. The smallest absolute Gasteiger partial charge is 0.194 e. The van der Waals surface area contributed by atoms with Gasteiger partial charge in [-0.15, -0.1) is 0 Å². The van der Waals surface area contributed by atoms with Crippen molar-refractivity contribution in [2.45, 2.75) is 13.8 Å². The van der Waals surface area contributed by atoms with Gasteiger partial charge in [-0.1, -0.05) is 85.0 Å². The average Bonchev–Trinajstić information content (AvgIpc) is 3.28. The Labute approximate surface area is 341 Å². The molecule has 6 nitrogen and oxygen atoms in total. The van der Waals surface area contributed by atoms with Crippen molar-refractivity contribution in [2.24, 2.45) is 0 Å². The number of hydrogen-bond donors (Lipinski definition) is 0. The molecule has 0 aliphatic heterocycles. The molecule has 0 amide bonds. The van der Waals surface area contributed by atoms with E-state index < -0.39 is 0 Å². The number of benzene rings is 7. The largest absolute Gasteiger partial charge is 0.494 e.